The van der Waals surface area contributed by atoms with Gasteiger partial charge in [0.25, 0.3) is 0 Å². The van der Waals surface area contributed by atoms with E-state index in [0.717, 1.165) is 0 Å². The summed E-state index contributed by atoms with van der Waals surface area (Å²) in [6.07, 6.45) is 0. The van der Waals surface area contributed by atoms with Gasteiger partial charge in [0, 0.05) is 11.1 Å². The average Bonchev–Trinajstić information content (AvgIpc) is 2.61. The minimum Gasteiger partial charge on any atom is -1.00 e. The maximum Gasteiger partial charge on any atom is 0.129 e. The van der Waals surface area contributed by atoms with Crippen molar-refractivity contribution in [3.05, 3.63) is 70.8 Å². The van der Waals surface area contributed by atoms with Crippen LogP contribution in [0.1, 0.15) is 22.3 Å². The SMILES string of the molecule is Cc1ccc(C[N+]23CC[N+](Cc4ccc(C)cc4)(CC2)CC3)cc1.[Cl-].[Cl-]. The van der Waals surface area contributed by atoms with Gasteiger partial charge in [-0.3, -0.25) is 0 Å². The molecule has 0 atom stereocenters. The Morgan fingerprint density at radius 1 is 0.538 bits per heavy atom. The molecule has 2 bridgehead atoms. The minimum atomic E-state index is 0. The first-order valence-electron chi connectivity index (χ1n) is 9.38. The number of halogens is 2. The molecule has 3 heterocycles. The van der Waals surface area contributed by atoms with Crippen molar-refractivity contribution in [3.63, 3.8) is 0 Å². The van der Waals surface area contributed by atoms with Gasteiger partial charge in [0.15, 0.2) is 0 Å². The average molecular weight is 393 g/mol. The van der Waals surface area contributed by atoms with Gasteiger partial charge in [-0.25, -0.2) is 0 Å². The molecule has 0 saturated carbocycles. The molecule has 0 spiro atoms. The molecule has 0 aromatic heterocycles. The van der Waals surface area contributed by atoms with E-state index in [9.17, 15) is 0 Å². The lowest BCUT2D eigenvalue weighted by Crippen LogP contribution is -3.00. The largest absolute Gasteiger partial charge is 1.00 e. The lowest BCUT2D eigenvalue weighted by molar-refractivity contribution is -1.09. The van der Waals surface area contributed by atoms with Gasteiger partial charge < -0.3 is 33.8 Å². The first-order valence-corrected chi connectivity index (χ1v) is 9.38. The van der Waals surface area contributed by atoms with Crippen molar-refractivity contribution in [2.24, 2.45) is 0 Å². The van der Waals surface area contributed by atoms with E-state index in [-0.39, 0.29) is 24.8 Å². The normalized spacial score (nSPS) is 26.7. The second-order valence-electron chi connectivity index (χ2n) is 8.31. The number of benzene rings is 2. The smallest absolute Gasteiger partial charge is 0.129 e. The fourth-order valence-electron chi connectivity index (χ4n) is 4.58. The maximum atomic E-state index is 2.33. The Morgan fingerprint density at radius 3 is 1.08 bits per heavy atom. The second-order valence-corrected chi connectivity index (χ2v) is 8.31. The van der Waals surface area contributed by atoms with Gasteiger partial charge in [-0.05, 0) is 13.8 Å². The quantitative estimate of drug-likeness (QED) is 0.512. The molecule has 2 aromatic carbocycles. The van der Waals surface area contributed by atoms with E-state index in [1.165, 1.54) is 83.6 Å². The van der Waals surface area contributed by atoms with Crippen molar-refractivity contribution >= 4 is 0 Å². The molecule has 0 aliphatic carbocycles. The molecule has 2 nitrogen and oxygen atoms in total. The summed E-state index contributed by atoms with van der Waals surface area (Å²) in [7, 11) is 0. The van der Waals surface area contributed by atoms with Gasteiger partial charge in [0.1, 0.15) is 52.4 Å². The van der Waals surface area contributed by atoms with Crippen molar-refractivity contribution in [3.8, 4) is 0 Å². The molecule has 3 aliphatic heterocycles. The molecular formula is C22H30Cl2N2. The highest BCUT2D eigenvalue weighted by Crippen LogP contribution is 2.30. The summed E-state index contributed by atoms with van der Waals surface area (Å²) >= 11 is 0. The fourth-order valence-corrected chi connectivity index (χ4v) is 4.58. The van der Waals surface area contributed by atoms with Crippen molar-refractivity contribution in [1.82, 2.24) is 0 Å². The molecule has 3 aliphatic rings. The fraction of sp³-hybridized carbons (Fsp3) is 0.455. The highest BCUT2D eigenvalue weighted by molar-refractivity contribution is 5.21. The topological polar surface area (TPSA) is 0 Å². The van der Waals surface area contributed by atoms with Crippen LogP contribution in [0.4, 0.5) is 0 Å². The Balaban J connectivity index is 0.00000121. The summed E-state index contributed by atoms with van der Waals surface area (Å²) in [6.45, 7) is 14.9. The van der Waals surface area contributed by atoms with E-state index in [4.69, 9.17) is 0 Å². The minimum absolute atomic E-state index is 0. The van der Waals surface area contributed by atoms with E-state index < -0.39 is 0 Å². The number of aryl methyl sites for hydroxylation is 2. The molecule has 0 amide bonds. The number of fused-ring (bicyclic) bond motifs is 3. The standard InChI is InChI=1S/C22H30N2.2ClH/c1-19-3-7-21(8-4-19)17-23-11-14-24(15-12-23,16-13-23)18-22-9-5-20(2)6-10-22;;/h3-10H,11-18H2,1-2H3;2*1H/q+2;;/p-2. The van der Waals surface area contributed by atoms with Gasteiger partial charge in [0.2, 0.25) is 0 Å². The van der Waals surface area contributed by atoms with Gasteiger partial charge >= 0.3 is 0 Å². The maximum absolute atomic E-state index is 2.33. The molecule has 0 radical (unpaired) electrons. The molecule has 0 N–H and O–H groups in total. The zero-order valence-corrected chi connectivity index (χ0v) is 17.4. The number of hydrogen-bond acceptors (Lipinski definition) is 0. The predicted molar refractivity (Wildman–Crippen MR) is 99.5 cm³/mol. The zero-order chi connectivity index (χ0) is 16.6. The molecule has 2 aromatic rings. The Bertz CT molecular complexity index is 622. The third-order valence-corrected chi connectivity index (χ3v) is 6.42. The highest BCUT2D eigenvalue weighted by Gasteiger charge is 2.48. The van der Waals surface area contributed by atoms with Crippen LogP contribution in [0, 0.1) is 13.8 Å². The van der Waals surface area contributed by atoms with Crippen LogP contribution in [0.2, 0.25) is 0 Å². The van der Waals surface area contributed by atoms with E-state index in [1.807, 2.05) is 0 Å². The van der Waals surface area contributed by atoms with Gasteiger partial charge in [-0.2, -0.15) is 0 Å². The monoisotopic (exact) mass is 392 g/mol. The van der Waals surface area contributed by atoms with Crippen molar-refractivity contribution in [2.45, 2.75) is 26.9 Å². The second kappa shape index (κ2) is 8.31. The molecule has 26 heavy (non-hydrogen) atoms. The molecule has 3 fully saturated rings. The van der Waals surface area contributed by atoms with Crippen LogP contribution < -0.4 is 24.8 Å². The predicted octanol–water partition coefficient (Wildman–Crippen LogP) is -2.33. The molecule has 0 unspecified atom stereocenters. The lowest BCUT2D eigenvalue weighted by Gasteiger charge is -2.55. The van der Waals surface area contributed by atoms with Crippen LogP contribution in [0.3, 0.4) is 0 Å². The summed E-state index contributed by atoms with van der Waals surface area (Å²) in [5.74, 6) is 0. The van der Waals surface area contributed by atoms with Crippen LogP contribution in [0.5, 0.6) is 0 Å². The summed E-state index contributed by atoms with van der Waals surface area (Å²) in [6, 6.07) is 18.4. The molecule has 3 saturated heterocycles. The van der Waals surface area contributed by atoms with Gasteiger partial charge in [0.05, 0.1) is 0 Å². The van der Waals surface area contributed by atoms with E-state index in [0.29, 0.717) is 0 Å². The Hall–Kier alpha value is -1.06. The van der Waals surface area contributed by atoms with Crippen molar-refractivity contribution < 1.29 is 33.8 Å². The van der Waals surface area contributed by atoms with Crippen LogP contribution >= 0.6 is 0 Å². The van der Waals surface area contributed by atoms with Crippen molar-refractivity contribution in [1.29, 1.82) is 0 Å². The first kappa shape index (κ1) is 21.2. The molecule has 4 heteroatoms. The number of hydrogen-bond donors (Lipinski definition) is 0. The van der Waals surface area contributed by atoms with E-state index in [1.54, 1.807) is 0 Å². The van der Waals surface area contributed by atoms with E-state index >= 15 is 0 Å². The van der Waals surface area contributed by atoms with Crippen LogP contribution in [-0.4, -0.2) is 48.2 Å². The lowest BCUT2D eigenvalue weighted by atomic mass is 10.0. The summed E-state index contributed by atoms with van der Waals surface area (Å²) in [5.41, 5.74) is 5.76. The van der Waals surface area contributed by atoms with Gasteiger partial charge in [-0.15, -0.1) is 0 Å². The first-order chi connectivity index (χ1) is 11.6. The van der Waals surface area contributed by atoms with Crippen LogP contribution in [-0.2, 0) is 13.1 Å². The molecular weight excluding hydrogens is 363 g/mol. The summed E-state index contributed by atoms with van der Waals surface area (Å²) in [4.78, 5) is 0. The Kier molecular flexibility index (Phi) is 6.79. The highest BCUT2D eigenvalue weighted by atomic mass is 35.5. The van der Waals surface area contributed by atoms with E-state index in [2.05, 4.69) is 62.4 Å². The van der Waals surface area contributed by atoms with Crippen molar-refractivity contribution in [2.75, 3.05) is 39.3 Å². The number of quaternary nitrogens is 2. The number of piperazine rings is 3. The third-order valence-electron chi connectivity index (χ3n) is 6.42. The number of rotatable bonds is 4. The summed E-state index contributed by atoms with van der Waals surface area (Å²) in [5, 5.41) is 0. The Labute approximate surface area is 170 Å². The Morgan fingerprint density at radius 2 is 0.808 bits per heavy atom. The summed E-state index contributed by atoms with van der Waals surface area (Å²) < 4.78 is 2.63. The number of nitrogens with zero attached hydrogens (tertiary/aromatic N) is 2. The van der Waals surface area contributed by atoms with Crippen LogP contribution in [0.25, 0.3) is 0 Å². The van der Waals surface area contributed by atoms with Gasteiger partial charge in [-0.1, -0.05) is 59.7 Å². The third kappa shape index (κ3) is 4.43. The zero-order valence-electron chi connectivity index (χ0n) is 15.9. The molecule has 5 rings (SSSR count). The van der Waals surface area contributed by atoms with Crippen LogP contribution in [0.15, 0.2) is 48.5 Å². The molecule has 142 valence electrons.